The summed E-state index contributed by atoms with van der Waals surface area (Å²) < 4.78 is 4.93. The van der Waals surface area contributed by atoms with Crippen LogP contribution >= 0.6 is 11.8 Å². The summed E-state index contributed by atoms with van der Waals surface area (Å²) in [7, 11) is 2.28. The SMILES string of the molecule is CN1C2=C(C(c3ccc4c5ccccc5n(-c5ccccc5)c4c3)NC1n1c3ccccc3c3cc4ccccc4cc31)C1C=CC=CC1(C)S2. The molecule has 4 unspecified atom stereocenters. The van der Waals surface area contributed by atoms with Crippen LogP contribution in [0.1, 0.15) is 24.8 Å². The molecular weight excluding hydrogens is 641 g/mol. The van der Waals surface area contributed by atoms with Crippen LogP contribution in [0.5, 0.6) is 0 Å². The summed E-state index contributed by atoms with van der Waals surface area (Å²) in [6, 6.07) is 49.2. The summed E-state index contributed by atoms with van der Waals surface area (Å²) in [5.74, 6) is 0.279. The third-order valence-electron chi connectivity index (χ3n) is 11.5. The number of nitrogens with one attached hydrogen (secondary N) is 1. The molecule has 0 bridgehead atoms. The van der Waals surface area contributed by atoms with Crippen molar-refractivity contribution in [2.75, 3.05) is 7.05 Å². The number of thioether (sulfide) groups is 1. The molecule has 4 heterocycles. The van der Waals surface area contributed by atoms with Crippen molar-refractivity contribution in [3.05, 3.63) is 174 Å². The van der Waals surface area contributed by atoms with Crippen molar-refractivity contribution in [2.24, 2.45) is 5.92 Å². The zero-order valence-electron chi connectivity index (χ0n) is 28.5. The lowest BCUT2D eigenvalue weighted by Crippen LogP contribution is -2.46. The molecule has 6 aromatic carbocycles. The third kappa shape index (κ3) is 4.13. The minimum absolute atomic E-state index is 0.0000192. The molecule has 5 heteroatoms. The molecule has 0 fully saturated rings. The molecule has 4 atom stereocenters. The van der Waals surface area contributed by atoms with Gasteiger partial charge in [0.15, 0.2) is 6.29 Å². The molecule has 11 rings (SSSR count). The highest BCUT2D eigenvalue weighted by molar-refractivity contribution is 8.04. The Labute approximate surface area is 301 Å². The number of allylic oxidation sites excluding steroid dienone is 3. The fraction of sp³-hybridized carbons (Fsp3) is 0.130. The fourth-order valence-corrected chi connectivity index (χ4v) is 10.7. The normalized spacial score (nSPS) is 22.9. The minimum atomic E-state index is -0.114. The monoisotopic (exact) mass is 676 g/mol. The van der Waals surface area contributed by atoms with E-state index >= 15 is 0 Å². The van der Waals surface area contributed by atoms with Crippen molar-refractivity contribution in [3.8, 4) is 5.69 Å². The maximum Gasteiger partial charge on any atom is 0.163 e. The molecule has 246 valence electrons. The first kappa shape index (κ1) is 29.3. The van der Waals surface area contributed by atoms with Gasteiger partial charge >= 0.3 is 0 Å². The Morgan fingerprint density at radius 1 is 0.627 bits per heavy atom. The highest BCUT2D eigenvalue weighted by Crippen LogP contribution is 2.59. The lowest BCUT2D eigenvalue weighted by molar-refractivity contribution is 0.164. The lowest BCUT2D eigenvalue weighted by Gasteiger charge is -2.42. The molecule has 0 saturated heterocycles. The van der Waals surface area contributed by atoms with E-state index in [2.05, 4.69) is 191 Å². The van der Waals surface area contributed by atoms with Crippen molar-refractivity contribution in [1.29, 1.82) is 0 Å². The van der Waals surface area contributed by atoms with Gasteiger partial charge in [-0.1, -0.05) is 127 Å². The van der Waals surface area contributed by atoms with E-state index < -0.39 is 0 Å². The summed E-state index contributed by atoms with van der Waals surface area (Å²) >= 11 is 2.02. The zero-order valence-corrected chi connectivity index (χ0v) is 29.3. The van der Waals surface area contributed by atoms with Gasteiger partial charge in [-0.2, -0.15) is 0 Å². The van der Waals surface area contributed by atoms with Gasteiger partial charge in [0.1, 0.15) is 0 Å². The molecule has 51 heavy (non-hydrogen) atoms. The van der Waals surface area contributed by atoms with Gasteiger partial charge < -0.3 is 14.0 Å². The second-order valence-corrected chi connectivity index (χ2v) is 15.9. The number of hydrogen-bond donors (Lipinski definition) is 1. The van der Waals surface area contributed by atoms with E-state index in [9.17, 15) is 0 Å². The number of fused-ring (bicyclic) bond motifs is 9. The van der Waals surface area contributed by atoms with Gasteiger partial charge in [0.25, 0.3) is 0 Å². The average Bonchev–Trinajstić information content (AvgIpc) is 3.79. The van der Waals surface area contributed by atoms with Gasteiger partial charge in [-0.3, -0.25) is 5.32 Å². The second kappa shape index (κ2) is 10.8. The summed E-state index contributed by atoms with van der Waals surface area (Å²) in [6.45, 7) is 2.41. The maximum atomic E-state index is 4.28. The molecule has 0 amide bonds. The van der Waals surface area contributed by atoms with E-state index in [0.717, 1.165) is 0 Å². The molecule has 2 aliphatic heterocycles. The van der Waals surface area contributed by atoms with Gasteiger partial charge in [0.05, 0.1) is 33.1 Å². The number of para-hydroxylation sites is 3. The second-order valence-electron chi connectivity index (χ2n) is 14.4. The molecular formula is C46H36N4S. The van der Waals surface area contributed by atoms with Crippen molar-refractivity contribution >= 4 is 66.1 Å². The van der Waals surface area contributed by atoms with Crippen LogP contribution in [0.3, 0.4) is 0 Å². The fourth-order valence-electron chi connectivity index (χ4n) is 9.16. The molecule has 3 aliphatic rings. The maximum absolute atomic E-state index is 4.28. The molecule has 1 N–H and O–H groups in total. The van der Waals surface area contributed by atoms with Crippen LogP contribution in [0.15, 0.2) is 168 Å². The Kier molecular flexibility index (Phi) is 6.17. The standard InChI is InChI=1S/C46H36N4S/c1-46-25-13-12-20-37(46)42-43(31-23-24-35-33-18-8-10-21-38(33)49(40(35)28-31)32-16-4-3-5-17-32)47-45(48(2)44(42)51-46)50-39-22-11-9-19-34(39)36-26-29-14-6-7-15-30(29)27-41(36)50/h3-28,37,43,45,47H,1-2H3. The quantitative estimate of drug-likeness (QED) is 0.202. The predicted octanol–water partition coefficient (Wildman–Crippen LogP) is 11.2. The Morgan fingerprint density at radius 2 is 1.31 bits per heavy atom. The highest BCUT2D eigenvalue weighted by atomic mass is 32.2. The Balaban J connectivity index is 1.16. The van der Waals surface area contributed by atoms with Crippen LogP contribution in [0.4, 0.5) is 0 Å². The van der Waals surface area contributed by atoms with Crippen LogP contribution < -0.4 is 5.32 Å². The van der Waals surface area contributed by atoms with Crippen molar-refractivity contribution in [3.63, 3.8) is 0 Å². The molecule has 4 nitrogen and oxygen atoms in total. The van der Waals surface area contributed by atoms with Gasteiger partial charge in [0, 0.05) is 44.9 Å². The van der Waals surface area contributed by atoms with E-state index in [0.29, 0.717) is 0 Å². The number of nitrogens with zero attached hydrogens (tertiary/aromatic N) is 3. The van der Waals surface area contributed by atoms with Gasteiger partial charge in [-0.25, -0.2) is 0 Å². The van der Waals surface area contributed by atoms with Crippen LogP contribution in [-0.2, 0) is 0 Å². The minimum Gasteiger partial charge on any atom is -0.336 e. The van der Waals surface area contributed by atoms with E-state index in [1.54, 1.807) is 0 Å². The molecule has 8 aromatic rings. The smallest absolute Gasteiger partial charge is 0.163 e. The largest absolute Gasteiger partial charge is 0.336 e. The molecule has 0 spiro atoms. The number of hydrogen-bond acceptors (Lipinski definition) is 3. The van der Waals surface area contributed by atoms with Crippen LogP contribution in [0.2, 0.25) is 0 Å². The van der Waals surface area contributed by atoms with Crippen LogP contribution in [0, 0.1) is 5.92 Å². The number of rotatable bonds is 3. The molecule has 1 aliphatic carbocycles. The Morgan fingerprint density at radius 3 is 2.14 bits per heavy atom. The van der Waals surface area contributed by atoms with E-state index in [1.165, 1.54) is 76.2 Å². The molecule has 0 radical (unpaired) electrons. The number of benzene rings is 6. The predicted molar refractivity (Wildman–Crippen MR) is 215 cm³/mol. The van der Waals surface area contributed by atoms with E-state index in [1.807, 2.05) is 11.8 Å². The zero-order chi connectivity index (χ0) is 33.8. The number of aromatic nitrogens is 2. The molecule has 0 saturated carbocycles. The average molecular weight is 677 g/mol. The first-order valence-electron chi connectivity index (χ1n) is 17.9. The Bertz CT molecular complexity index is 2820. The van der Waals surface area contributed by atoms with Gasteiger partial charge in [-0.05, 0) is 71.3 Å². The topological polar surface area (TPSA) is 25.1 Å². The first-order chi connectivity index (χ1) is 25.1. The third-order valence-corrected chi connectivity index (χ3v) is 13.1. The first-order valence-corrected chi connectivity index (χ1v) is 18.7. The van der Waals surface area contributed by atoms with Crippen molar-refractivity contribution in [2.45, 2.75) is 24.0 Å². The molecule has 2 aromatic heterocycles. The van der Waals surface area contributed by atoms with Crippen molar-refractivity contribution in [1.82, 2.24) is 19.4 Å². The summed E-state index contributed by atoms with van der Waals surface area (Å²) in [6.07, 6.45) is 9.18. The summed E-state index contributed by atoms with van der Waals surface area (Å²) in [5.41, 5.74) is 8.86. The van der Waals surface area contributed by atoms with Gasteiger partial charge in [-0.15, -0.1) is 0 Å². The van der Waals surface area contributed by atoms with E-state index in [4.69, 9.17) is 0 Å². The highest BCUT2D eigenvalue weighted by Gasteiger charge is 2.50. The summed E-state index contributed by atoms with van der Waals surface area (Å²) in [4.78, 5) is 2.50. The summed E-state index contributed by atoms with van der Waals surface area (Å²) in [5, 5.41) is 13.3. The van der Waals surface area contributed by atoms with Crippen molar-refractivity contribution < 1.29 is 0 Å². The Hall–Kier alpha value is -5.49. The van der Waals surface area contributed by atoms with Crippen LogP contribution in [0.25, 0.3) is 60.1 Å². The van der Waals surface area contributed by atoms with E-state index in [-0.39, 0.29) is 23.0 Å². The van der Waals surface area contributed by atoms with Gasteiger partial charge in [0.2, 0.25) is 0 Å². The van der Waals surface area contributed by atoms with Crippen LogP contribution in [-0.4, -0.2) is 25.8 Å². The lowest BCUT2D eigenvalue weighted by atomic mass is 9.78.